The normalized spacial score (nSPS) is 15.9. The van der Waals surface area contributed by atoms with Gasteiger partial charge in [-0.3, -0.25) is 9.69 Å². The van der Waals surface area contributed by atoms with Gasteiger partial charge in [-0.05, 0) is 57.6 Å². The van der Waals surface area contributed by atoms with Crippen molar-refractivity contribution >= 4 is 23.6 Å². The number of piperazine rings is 1. The van der Waals surface area contributed by atoms with Crippen molar-refractivity contribution in [3.63, 3.8) is 0 Å². The molecule has 1 aliphatic heterocycles. The van der Waals surface area contributed by atoms with Crippen LogP contribution in [0.4, 0.5) is 4.79 Å². The summed E-state index contributed by atoms with van der Waals surface area (Å²) < 4.78 is 11.2. The lowest BCUT2D eigenvalue weighted by Crippen LogP contribution is -2.57. The monoisotopic (exact) mass is 572 g/mol. The maximum Gasteiger partial charge on any atom is 0.408 e. The molecule has 0 bridgehead atoms. The zero-order valence-corrected chi connectivity index (χ0v) is 25.5. The molecule has 0 aliphatic carbocycles. The number of hydrogen-bond acceptors (Lipinski definition) is 6. The molecule has 1 unspecified atom stereocenters. The predicted molar refractivity (Wildman–Crippen MR) is 160 cm³/mol. The lowest BCUT2D eigenvalue weighted by Gasteiger charge is -2.42. The van der Waals surface area contributed by atoms with Crippen LogP contribution in [-0.4, -0.2) is 91.3 Å². The van der Waals surface area contributed by atoms with E-state index in [0.29, 0.717) is 24.5 Å². The Kier molecular flexibility index (Phi) is 11.7. The first-order chi connectivity index (χ1) is 19.0. The Morgan fingerprint density at radius 2 is 1.62 bits per heavy atom. The first kappa shape index (κ1) is 31.7. The van der Waals surface area contributed by atoms with Crippen molar-refractivity contribution < 1.29 is 19.1 Å². The van der Waals surface area contributed by atoms with E-state index in [9.17, 15) is 9.59 Å². The summed E-state index contributed by atoms with van der Waals surface area (Å²) in [6.07, 6.45) is -0.254. The zero-order chi connectivity index (χ0) is 29.3. The number of alkyl carbamates (subject to hydrolysis) is 1. The maximum absolute atomic E-state index is 13.8. The molecule has 2 aromatic rings. The zero-order valence-electron chi connectivity index (χ0n) is 24.8. The van der Waals surface area contributed by atoms with E-state index in [4.69, 9.17) is 21.1 Å². The van der Waals surface area contributed by atoms with Crippen molar-refractivity contribution in [2.45, 2.75) is 58.7 Å². The average molecular weight is 573 g/mol. The number of para-hydroxylation sites is 1. The number of nitrogens with one attached hydrogen (secondary N) is 1. The summed E-state index contributed by atoms with van der Waals surface area (Å²) in [5.74, 6) is 0.765. The molecule has 0 radical (unpaired) electrons. The fourth-order valence-corrected chi connectivity index (χ4v) is 5.19. The second kappa shape index (κ2) is 14.7. The summed E-state index contributed by atoms with van der Waals surface area (Å²) in [6, 6.07) is 14.9. The number of amides is 2. The van der Waals surface area contributed by atoms with E-state index < -0.39 is 17.7 Å². The number of likely N-dealkylation sites (N-methyl/N-ethyl adjacent to an activating group) is 1. The highest BCUT2D eigenvalue weighted by Gasteiger charge is 2.33. The highest BCUT2D eigenvalue weighted by Crippen LogP contribution is 2.31. The van der Waals surface area contributed by atoms with Crippen LogP contribution in [0.2, 0.25) is 5.02 Å². The minimum Gasteiger partial charge on any atom is -0.496 e. The molecular formula is C31H45ClN4O4. The van der Waals surface area contributed by atoms with E-state index in [2.05, 4.69) is 41.1 Å². The van der Waals surface area contributed by atoms with Crippen molar-refractivity contribution in [3.8, 4) is 5.75 Å². The minimum absolute atomic E-state index is 0.113. The molecule has 9 heteroatoms. The third-order valence-corrected chi connectivity index (χ3v) is 7.48. The molecule has 1 aliphatic rings. The average Bonchev–Trinajstić information content (AvgIpc) is 2.93. The van der Waals surface area contributed by atoms with Gasteiger partial charge in [0.05, 0.1) is 13.2 Å². The molecule has 1 N–H and O–H groups in total. The van der Waals surface area contributed by atoms with Crippen LogP contribution >= 0.6 is 11.6 Å². The number of hydrogen-bond donors (Lipinski definition) is 1. The molecule has 1 fully saturated rings. The van der Waals surface area contributed by atoms with Gasteiger partial charge in [0.15, 0.2) is 0 Å². The standard InChI is InChI=1S/C31H45ClN4O4/c1-7-34(8-2)22-27(25-11-9-10-12-28(25)39-6)35-17-19-36(20-18-35)29(37)26(33-30(38)40-31(3,4)5)21-23-13-15-24(32)16-14-23/h9-16,26-27H,7-8,17-22H2,1-6H3,(H,33,38)/t26-,27?/m1/s1. The number of carbonyl (C=O) groups is 2. The smallest absolute Gasteiger partial charge is 0.408 e. The van der Waals surface area contributed by atoms with Crippen LogP contribution in [0.5, 0.6) is 5.75 Å². The summed E-state index contributed by atoms with van der Waals surface area (Å²) in [7, 11) is 1.71. The van der Waals surface area contributed by atoms with Crippen LogP contribution in [0.25, 0.3) is 0 Å². The first-order valence-electron chi connectivity index (χ1n) is 14.2. The second-order valence-corrected chi connectivity index (χ2v) is 11.6. The third kappa shape index (κ3) is 9.11. The van der Waals surface area contributed by atoms with Crippen LogP contribution in [0.15, 0.2) is 48.5 Å². The predicted octanol–water partition coefficient (Wildman–Crippen LogP) is 5.01. The Balaban J connectivity index is 1.76. The molecule has 0 spiro atoms. The van der Waals surface area contributed by atoms with E-state index >= 15 is 0 Å². The topological polar surface area (TPSA) is 74.4 Å². The third-order valence-electron chi connectivity index (χ3n) is 7.23. The summed E-state index contributed by atoms with van der Waals surface area (Å²) in [6.45, 7) is 15.1. The molecule has 220 valence electrons. The molecule has 0 saturated carbocycles. The Morgan fingerprint density at radius 1 is 1.00 bits per heavy atom. The van der Waals surface area contributed by atoms with Gasteiger partial charge in [-0.2, -0.15) is 0 Å². The van der Waals surface area contributed by atoms with Gasteiger partial charge < -0.3 is 24.6 Å². The van der Waals surface area contributed by atoms with Crippen molar-refractivity contribution in [3.05, 3.63) is 64.7 Å². The highest BCUT2D eigenvalue weighted by atomic mass is 35.5. The largest absolute Gasteiger partial charge is 0.496 e. The number of nitrogens with zero attached hydrogens (tertiary/aromatic N) is 3. The lowest BCUT2D eigenvalue weighted by molar-refractivity contribution is -0.135. The van der Waals surface area contributed by atoms with E-state index in [-0.39, 0.29) is 11.9 Å². The molecule has 3 rings (SSSR count). The van der Waals surface area contributed by atoms with Gasteiger partial charge in [-0.25, -0.2) is 4.79 Å². The molecular weight excluding hydrogens is 528 g/mol. The number of rotatable bonds is 11. The molecule has 1 heterocycles. The molecule has 40 heavy (non-hydrogen) atoms. The van der Waals surface area contributed by atoms with Crippen LogP contribution in [0.1, 0.15) is 51.8 Å². The molecule has 2 atom stereocenters. The van der Waals surface area contributed by atoms with E-state index in [1.54, 1.807) is 40.0 Å². The molecule has 2 aromatic carbocycles. The highest BCUT2D eigenvalue weighted by molar-refractivity contribution is 6.30. The lowest BCUT2D eigenvalue weighted by atomic mass is 10.0. The summed E-state index contributed by atoms with van der Waals surface area (Å²) in [5.41, 5.74) is 1.40. The number of benzene rings is 2. The number of methoxy groups -OCH3 is 1. The number of ether oxygens (including phenoxy) is 2. The number of carbonyl (C=O) groups excluding carboxylic acids is 2. The maximum atomic E-state index is 13.8. The van der Waals surface area contributed by atoms with Crippen LogP contribution in [0.3, 0.4) is 0 Å². The van der Waals surface area contributed by atoms with Gasteiger partial charge in [-0.15, -0.1) is 0 Å². The molecule has 2 amide bonds. The van der Waals surface area contributed by atoms with Gasteiger partial charge in [-0.1, -0.05) is 55.8 Å². The van der Waals surface area contributed by atoms with Gasteiger partial charge in [0, 0.05) is 49.7 Å². The van der Waals surface area contributed by atoms with Crippen LogP contribution in [0, 0.1) is 0 Å². The second-order valence-electron chi connectivity index (χ2n) is 11.1. The van der Waals surface area contributed by atoms with Gasteiger partial charge in [0.2, 0.25) is 5.91 Å². The Bertz CT molecular complexity index is 1090. The minimum atomic E-state index is -0.747. The molecule has 0 aromatic heterocycles. The summed E-state index contributed by atoms with van der Waals surface area (Å²) in [5, 5.41) is 3.45. The van der Waals surface area contributed by atoms with E-state index in [1.807, 2.05) is 29.2 Å². The van der Waals surface area contributed by atoms with Gasteiger partial charge >= 0.3 is 6.09 Å². The summed E-state index contributed by atoms with van der Waals surface area (Å²) in [4.78, 5) is 33.2. The van der Waals surface area contributed by atoms with Gasteiger partial charge in [0.25, 0.3) is 0 Å². The first-order valence-corrected chi connectivity index (χ1v) is 14.5. The molecule has 1 saturated heterocycles. The molecule has 8 nitrogen and oxygen atoms in total. The Hall–Kier alpha value is -2.81. The fraction of sp³-hybridized carbons (Fsp3) is 0.548. The quantitative estimate of drug-likeness (QED) is 0.408. The number of halogens is 1. The van der Waals surface area contributed by atoms with Crippen molar-refractivity contribution in [2.75, 3.05) is 52.9 Å². The Labute approximate surface area is 244 Å². The van der Waals surface area contributed by atoms with Crippen molar-refractivity contribution in [2.24, 2.45) is 0 Å². The SMILES string of the molecule is CCN(CC)CC(c1ccccc1OC)N1CCN(C(=O)[C@@H](Cc2ccc(Cl)cc2)NC(=O)OC(C)(C)C)CC1. The van der Waals surface area contributed by atoms with Crippen molar-refractivity contribution in [1.82, 2.24) is 20.0 Å². The van der Waals surface area contributed by atoms with Crippen LogP contribution < -0.4 is 10.1 Å². The fourth-order valence-electron chi connectivity index (χ4n) is 5.06. The Morgan fingerprint density at radius 3 is 2.20 bits per heavy atom. The van der Waals surface area contributed by atoms with Crippen LogP contribution in [-0.2, 0) is 16.0 Å². The van der Waals surface area contributed by atoms with E-state index in [0.717, 1.165) is 49.6 Å². The summed E-state index contributed by atoms with van der Waals surface area (Å²) >= 11 is 6.06. The van der Waals surface area contributed by atoms with E-state index in [1.165, 1.54) is 0 Å². The van der Waals surface area contributed by atoms with Crippen molar-refractivity contribution in [1.29, 1.82) is 0 Å². The van der Waals surface area contributed by atoms with Gasteiger partial charge in [0.1, 0.15) is 17.4 Å².